The lowest BCUT2D eigenvalue weighted by Crippen LogP contribution is -2.22. The minimum Gasteiger partial charge on any atom is -0.345 e. The van der Waals surface area contributed by atoms with Crippen molar-refractivity contribution in [3.8, 4) is 0 Å². The molecule has 6 nitrogen and oxygen atoms in total. The zero-order valence-corrected chi connectivity index (χ0v) is 15.4. The Balaban J connectivity index is 1.77. The molecular weight excluding hydrogens is 328 g/mol. The largest absolute Gasteiger partial charge is 0.345 e. The number of carbonyl (C=O) groups is 2. The van der Waals surface area contributed by atoms with Gasteiger partial charge in [0.05, 0.1) is 17.4 Å². The first-order chi connectivity index (χ1) is 12.3. The van der Waals surface area contributed by atoms with Gasteiger partial charge in [-0.15, -0.1) is 0 Å². The number of imidazole rings is 1. The summed E-state index contributed by atoms with van der Waals surface area (Å²) in [7, 11) is 3.39. The highest BCUT2D eigenvalue weighted by atomic mass is 16.2. The molecule has 3 rings (SSSR count). The molecule has 0 bridgehead atoms. The lowest BCUT2D eigenvalue weighted by molar-refractivity contribution is -0.116. The average molecular weight is 350 g/mol. The SMILES string of the molecule is Cc1cc2ncn(CC(=O)Nc3cccc(C(=O)N(C)C)c3)c2cc1C. The van der Waals surface area contributed by atoms with E-state index in [1.54, 1.807) is 44.7 Å². The number of benzene rings is 2. The number of hydrogen-bond acceptors (Lipinski definition) is 3. The van der Waals surface area contributed by atoms with Crippen LogP contribution in [0.25, 0.3) is 11.0 Å². The van der Waals surface area contributed by atoms with E-state index in [0.29, 0.717) is 11.3 Å². The zero-order valence-electron chi connectivity index (χ0n) is 15.4. The van der Waals surface area contributed by atoms with Crippen LogP contribution < -0.4 is 5.32 Å². The van der Waals surface area contributed by atoms with Crippen LogP contribution in [-0.2, 0) is 11.3 Å². The van der Waals surface area contributed by atoms with E-state index in [0.717, 1.165) is 16.6 Å². The van der Waals surface area contributed by atoms with Gasteiger partial charge in [-0.3, -0.25) is 9.59 Å². The van der Waals surface area contributed by atoms with E-state index in [-0.39, 0.29) is 18.4 Å². The van der Waals surface area contributed by atoms with E-state index in [1.807, 2.05) is 30.5 Å². The normalized spacial score (nSPS) is 10.8. The summed E-state index contributed by atoms with van der Waals surface area (Å²) < 4.78 is 1.83. The van der Waals surface area contributed by atoms with E-state index in [9.17, 15) is 9.59 Å². The number of aryl methyl sites for hydroxylation is 2. The Hall–Kier alpha value is -3.15. The number of carbonyl (C=O) groups excluding carboxylic acids is 2. The molecule has 0 atom stereocenters. The molecule has 2 amide bonds. The Kier molecular flexibility index (Phi) is 4.75. The molecule has 0 saturated heterocycles. The fraction of sp³-hybridized carbons (Fsp3) is 0.250. The second kappa shape index (κ2) is 7.00. The topological polar surface area (TPSA) is 67.2 Å². The van der Waals surface area contributed by atoms with Gasteiger partial charge >= 0.3 is 0 Å². The first kappa shape index (κ1) is 17.7. The molecule has 6 heteroatoms. The monoisotopic (exact) mass is 350 g/mol. The molecule has 0 saturated carbocycles. The van der Waals surface area contributed by atoms with Crippen molar-refractivity contribution in [1.82, 2.24) is 14.5 Å². The van der Waals surface area contributed by atoms with Gasteiger partial charge in [0, 0.05) is 25.3 Å². The Morgan fingerprint density at radius 1 is 1.12 bits per heavy atom. The summed E-state index contributed by atoms with van der Waals surface area (Å²) in [5, 5.41) is 2.85. The molecule has 1 heterocycles. The van der Waals surface area contributed by atoms with Gasteiger partial charge in [0.15, 0.2) is 0 Å². The van der Waals surface area contributed by atoms with Crippen LogP contribution in [0.4, 0.5) is 5.69 Å². The highest BCUT2D eigenvalue weighted by Crippen LogP contribution is 2.19. The van der Waals surface area contributed by atoms with Crippen LogP contribution in [0.1, 0.15) is 21.5 Å². The maximum absolute atomic E-state index is 12.4. The predicted molar refractivity (Wildman–Crippen MR) is 102 cm³/mol. The van der Waals surface area contributed by atoms with Gasteiger partial charge in [-0.25, -0.2) is 4.98 Å². The Bertz CT molecular complexity index is 989. The summed E-state index contributed by atoms with van der Waals surface area (Å²) >= 11 is 0. The molecular formula is C20H22N4O2. The fourth-order valence-corrected chi connectivity index (χ4v) is 2.78. The van der Waals surface area contributed by atoms with Crippen molar-refractivity contribution in [3.05, 3.63) is 59.4 Å². The van der Waals surface area contributed by atoms with Crippen molar-refractivity contribution in [2.45, 2.75) is 20.4 Å². The molecule has 0 spiro atoms. The van der Waals surface area contributed by atoms with Gasteiger partial charge < -0.3 is 14.8 Å². The molecule has 0 fully saturated rings. The molecule has 0 aliphatic carbocycles. The zero-order chi connectivity index (χ0) is 18.8. The van der Waals surface area contributed by atoms with Crippen LogP contribution in [0, 0.1) is 13.8 Å². The third-order valence-corrected chi connectivity index (χ3v) is 4.35. The maximum atomic E-state index is 12.4. The molecule has 0 aliphatic heterocycles. The van der Waals surface area contributed by atoms with E-state index in [1.165, 1.54) is 10.5 Å². The molecule has 1 aromatic heterocycles. The Morgan fingerprint density at radius 2 is 1.85 bits per heavy atom. The van der Waals surface area contributed by atoms with Crippen molar-refractivity contribution in [1.29, 1.82) is 0 Å². The molecule has 26 heavy (non-hydrogen) atoms. The summed E-state index contributed by atoms with van der Waals surface area (Å²) in [5.41, 5.74) is 5.27. The summed E-state index contributed by atoms with van der Waals surface area (Å²) in [6.45, 7) is 4.24. The van der Waals surface area contributed by atoms with Crippen LogP contribution in [-0.4, -0.2) is 40.4 Å². The summed E-state index contributed by atoms with van der Waals surface area (Å²) in [6, 6.07) is 11.0. The molecule has 3 aromatic rings. The standard InChI is InChI=1S/C20H22N4O2/c1-13-8-17-18(9-14(13)2)24(12-21-17)11-19(25)22-16-7-5-6-15(10-16)20(26)23(3)4/h5-10,12H,11H2,1-4H3,(H,22,25). The van der Waals surface area contributed by atoms with Crippen molar-refractivity contribution in [2.75, 3.05) is 19.4 Å². The van der Waals surface area contributed by atoms with E-state index < -0.39 is 0 Å². The van der Waals surface area contributed by atoms with Gasteiger partial charge in [-0.05, 0) is 55.3 Å². The first-order valence-electron chi connectivity index (χ1n) is 8.39. The molecule has 0 unspecified atom stereocenters. The smallest absolute Gasteiger partial charge is 0.253 e. The summed E-state index contributed by atoms with van der Waals surface area (Å²) in [5.74, 6) is -0.274. The third kappa shape index (κ3) is 3.59. The molecule has 1 N–H and O–H groups in total. The number of rotatable bonds is 4. The van der Waals surface area contributed by atoms with Crippen LogP contribution in [0.3, 0.4) is 0 Å². The summed E-state index contributed by atoms with van der Waals surface area (Å²) in [4.78, 5) is 30.4. The molecule has 2 aromatic carbocycles. The highest BCUT2D eigenvalue weighted by Gasteiger charge is 2.11. The minimum absolute atomic E-state index is 0.104. The predicted octanol–water partition coefficient (Wildman–Crippen LogP) is 2.99. The molecule has 0 radical (unpaired) electrons. The minimum atomic E-state index is -0.169. The second-order valence-electron chi connectivity index (χ2n) is 6.63. The van der Waals surface area contributed by atoms with Gasteiger partial charge in [0.2, 0.25) is 5.91 Å². The highest BCUT2D eigenvalue weighted by molar-refractivity contribution is 5.97. The van der Waals surface area contributed by atoms with E-state index in [2.05, 4.69) is 10.3 Å². The van der Waals surface area contributed by atoms with Crippen LogP contribution in [0.2, 0.25) is 0 Å². The Labute approximate surface area is 152 Å². The third-order valence-electron chi connectivity index (χ3n) is 4.35. The Morgan fingerprint density at radius 3 is 2.58 bits per heavy atom. The van der Waals surface area contributed by atoms with Crippen molar-refractivity contribution >= 4 is 28.5 Å². The second-order valence-corrected chi connectivity index (χ2v) is 6.63. The average Bonchev–Trinajstić information content (AvgIpc) is 2.96. The van der Waals surface area contributed by atoms with Gasteiger partial charge in [0.25, 0.3) is 5.91 Å². The number of nitrogens with one attached hydrogen (secondary N) is 1. The summed E-state index contributed by atoms with van der Waals surface area (Å²) in [6.07, 6.45) is 1.68. The maximum Gasteiger partial charge on any atom is 0.253 e. The van der Waals surface area contributed by atoms with Crippen LogP contribution in [0.5, 0.6) is 0 Å². The van der Waals surface area contributed by atoms with Crippen LogP contribution >= 0.6 is 0 Å². The van der Waals surface area contributed by atoms with Crippen LogP contribution in [0.15, 0.2) is 42.7 Å². The first-order valence-corrected chi connectivity index (χ1v) is 8.39. The van der Waals surface area contributed by atoms with Crippen molar-refractivity contribution in [2.24, 2.45) is 0 Å². The van der Waals surface area contributed by atoms with Crippen molar-refractivity contribution in [3.63, 3.8) is 0 Å². The van der Waals surface area contributed by atoms with Gasteiger partial charge in [0.1, 0.15) is 6.54 Å². The number of hydrogen-bond donors (Lipinski definition) is 1. The fourth-order valence-electron chi connectivity index (χ4n) is 2.78. The number of amides is 2. The quantitative estimate of drug-likeness (QED) is 0.786. The lowest BCUT2D eigenvalue weighted by Gasteiger charge is -2.12. The van der Waals surface area contributed by atoms with Crippen molar-refractivity contribution < 1.29 is 9.59 Å². The van der Waals surface area contributed by atoms with E-state index >= 15 is 0 Å². The van der Waals surface area contributed by atoms with E-state index in [4.69, 9.17) is 0 Å². The number of fused-ring (bicyclic) bond motifs is 1. The lowest BCUT2D eigenvalue weighted by atomic mass is 10.1. The number of anilines is 1. The molecule has 0 aliphatic rings. The van der Waals surface area contributed by atoms with Gasteiger partial charge in [-0.1, -0.05) is 6.07 Å². The van der Waals surface area contributed by atoms with Gasteiger partial charge in [-0.2, -0.15) is 0 Å². The number of nitrogens with zero attached hydrogens (tertiary/aromatic N) is 3. The molecule has 134 valence electrons. The number of aromatic nitrogens is 2.